The fourth-order valence-corrected chi connectivity index (χ4v) is 0.609. The first kappa shape index (κ1) is 9.43. The molecular weight excluding hydrogens is 128 g/mol. The maximum atomic E-state index is 10.8. The Hall–Kier alpha value is -0.570. The first-order valence-corrected chi connectivity index (χ1v) is 3.68. The molecule has 3 heteroatoms. The molecule has 0 spiro atoms. The van der Waals surface area contributed by atoms with Crippen molar-refractivity contribution >= 4 is 5.91 Å². The number of nitrogens with one attached hydrogen (secondary N) is 2. The van der Waals surface area contributed by atoms with Gasteiger partial charge >= 0.3 is 0 Å². The highest BCUT2D eigenvalue weighted by Crippen LogP contribution is 1.96. The van der Waals surface area contributed by atoms with E-state index in [1.807, 2.05) is 20.8 Å². The third kappa shape index (κ3) is 5.56. The van der Waals surface area contributed by atoms with Crippen molar-refractivity contribution in [1.29, 1.82) is 0 Å². The SMILES string of the molecule is CCNNC(=O)CC(C)C. The number of carbonyl (C=O) groups is 1. The minimum Gasteiger partial charge on any atom is -0.292 e. The van der Waals surface area contributed by atoms with Gasteiger partial charge in [-0.25, -0.2) is 5.43 Å². The molecule has 0 aliphatic carbocycles. The van der Waals surface area contributed by atoms with E-state index < -0.39 is 0 Å². The second-order valence-electron chi connectivity index (χ2n) is 2.68. The molecule has 0 radical (unpaired) electrons. The Kier molecular flexibility index (Phi) is 4.94. The Morgan fingerprint density at radius 1 is 1.50 bits per heavy atom. The van der Waals surface area contributed by atoms with E-state index in [-0.39, 0.29) is 5.91 Å². The number of rotatable bonds is 4. The van der Waals surface area contributed by atoms with Gasteiger partial charge < -0.3 is 0 Å². The van der Waals surface area contributed by atoms with E-state index in [1.165, 1.54) is 0 Å². The predicted octanol–water partition coefficient (Wildman–Crippen LogP) is 0.673. The topological polar surface area (TPSA) is 41.1 Å². The van der Waals surface area contributed by atoms with Crippen LogP contribution in [0.4, 0.5) is 0 Å². The van der Waals surface area contributed by atoms with E-state index >= 15 is 0 Å². The van der Waals surface area contributed by atoms with E-state index in [1.54, 1.807) is 0 Å². The minimum atomic E-state index is 0.0665. The van der Waals surface area contributed by atoms with E-state index in [0.29, 0.717) is 12.3 Å². The highest BCUT2D eigenvalue weighted by Gasteiger charge is 2.01. The average Bonchev–Trinajstić information content (AvgIpc) is 1.82. The fourth-order valence-electron chi connectivity index (χ4n) is 0.609. The first-order chi connectivity index (χ1) is 4.66. The molecule has 0 atom stereocenters. The number of hydrogen-bond donors (Lipinski definition) is 2. The zero-order chi connectivity index (χ0) is 7.98. The molecule has 2 N–H and O–H groups in total. The third-order valence-electron chi connectivity index (χ3n) is 0.998. The Morgan fingerprint density at radius 2 is 2.10 bits per heavy atom. The van der Waals surface area contributed by atoms with Gasteiger partial charge in [0.1, 0.15) is 0 Å². The predicted molar refractivity (Wildman–Crippen MR) is 41.3 cm³/mol. The van der Waals surface area contributed by atoms with E-state index in [0.717, 1.165) is 6.54 Å². The van der Waals surface area contributed by atoms with Crippen LogP contribution in [0.1, 0.15) is 27.2 Å². The molecule has 0 aliphatic rings. The summed E-state index contributed by atoms with van der Waals surface area (Å²) in [5.41, 5.74) is 5.33. The van der Waals surface area contributed by atoms with Crippen molar-refractivity contribution in [2.45, 2.75) is 27.2 Å². The molecule has 0 aromatic rings. The lowest BCUT2D eigenvalue weighted by atomic mass is 10.1. The quantitative estimate of drug-likeness (QED) is 0.569. The summed E-state index contributed by atoms with van der Waals surface area (Å²) in [6.07, 6.45) is 0.590. The molecular formula is C7H16N2O. The van der Waals surface area contributed by atoms with Crippen molar-refractivity contribution in [3.05, 3.63) is 0 Å². The lowest BCUT2D eigenvalue weighted by Crippen LogP contribution is -2.37. The maximum Gasteiger partial charge on any atom is 0.234 e. The number of hydrogen-bond acceptors (Lipinski definition) is 2. The molecule has 3 nitrogen and oxygen atoms in total. The van der Waals surface area contributed by atoms with Crippen molar-refractivity contribution in [2.75, 3.05) is 6.54 Å². The fraction of sp³-hybridized carbons (Fsp3) is 0.857. The largest absolute Gasteiger partial charge is 0.292 e. The molecule has 0 aromatic carbocycles. The smallest absolute Gasteiger partial charge is 0.234 e. The van der Waals surface area contributed by atoms with Crippen LogP contribution in [0.25, 0.3) is 0 Å². The van der Waals surface area contributed by atoms with Crippen LogP contribution in [-0.2, 0) is 4.79 Å². The highest BCUT2D eigenvalue weighted by atomic mass is 16.2. The van der Waals surface area contributed by atoms with Crippen LogP contribution in [0, 0.1) is 5.92 Å². The van der Waals surface area contributed by atoms with Gasteiger partial charge in [0.05, 0.1) is 0 Å². The van der Waals surface area contributed by atoms with Crippen LogP contribution >= 0.6 is 0 Å². The van der Waals surface area contributed by atoms with Crippen LogP contribution in [0.2, 0.25) is 0 Å². The van der Waals surface area contributed by atoms with Crippen molar-refractivity contribution in [3.8, 4) is 0 Å². The van der Waals surface area contributed by atoms with Crippen molar-refractivity contribution < 1.29 is 4.79 Å². The molecule has 0 aliphatic heterocycles. The van der Waals surface area contributed by atoms with Crippen LogP contribution in [0.15, 0.2) is 0 Å². The van der Waals surface area contributed by atoms with Gasteiger partial charge in [0.25, 0.3) is 0 Å². The van der Waals surface area contributed by atoms with Gasteiger partial charge in [0.2, 0.25) is 5.91 Å². The van der Waals surface area contributed by atoms with Crippen molar-refractivity contribution in [3.63, 3.8) is 0 Å². The highest BCUT2D eigenvalue weighted by molar-refractivity contribution is 5.75. The molecule has 0 rings (SSSR count). The Bertz CT molecular complexity index is 102. The summed E-state index contributed by atoms with van der Waals surface area (Å²) in [6.45, 7) is 6.75. The molecule has 0 unspecified atom stereocenters. The second kappa shape index (κ2) is 5.23. The summed E-state index contributed by atoms with van der Waals surface area (Å²) in [5, 5.41) is 0. The summed E-state index contributed by atoms with van der Waals surface area (Å²) in [6, 6.07) is 0. The summed E-state index contributed by atoms with van der Waals surface area (Å²) in [5.74, 6) is 0.496. The van der Waals surface area contributed by atoms with Gasteiger partial charge in [0.15, 0.2) is 0 Å². The Balaban J connectivity index is 3.26. The number of carbonyl (C=O) groups excluding carboxylic acids is 1. The zero-order valence-electron chi connectivity index (χ0n) is 6.90. The van der Waals surface area contributed by atoms with E-state index in [4.69, 9.17) is 0 Å². The molecule has 0 fully saturated rings. The molecule has 0 saturated carbocycles. The van der Waals surface area contributed by atoms with Gasteiger partial charge in [0, 0.05) is 13.0 Å². The van der Waals surface area contributed by atoms with Gasteiger partial charge in [-0.1, -0.05) is 20.8 Å². The lowest BCUT2D eigenvalue weighted by molar-refractivity contribution is -0.122. The molecule has 10 heavy (non-hydrogen) atoms. The first-order valence-electron chi connectivity index (χ1n) is 3.68. The number of amides is 1. The summed E-state index contributed by atoms with van der Waals surface area (Å²) in [7, 11) is 0. The molecule has 1 amide bonds. The van der Waals surface area contributed by atoms with Crippen LogP contribution in [0.3, 0.4) is 0 Å². The van der Waals surface area contributed by atoms with Gasteiger partial charge in [-0.15, -0.1) is 0 Å². The third-order valence-corrected chi connectivity index (χ3v) is 0.998. The van der Waals surface area contributed by atoms with Crippen molar-refractivity contribution in [2.24, 2.45) is 5.92 Å². The van der Waals surface area contributed by atoms with Gasteiger partial charge in [-0.05, 0) is 5.92 Å². The molecule has 0 heterocycles. The van der Waals surface area contributed by atoms with Crippen molar-refractivity contribution in [1.82, 2.24) is 10.9 Å². The van der Waals surface area contributed by atoms with E-state index in [2.05, 4.69) is 10.9 Å². The average molecular weight is 144 g/mol. The normalized spacial score (nSPS) is 10.0. The molecule has 0 saturated heterocycles. The maximum absolute atomic E-state index is 10.8. The zero-order valence-corrected chi connectivity index (χ0v) is 6.90. The molecule has 0 bridgehead atoms. The van der Waals surface area contributed by atoms with Gasteiger partial charge in [-0.3, -0.25) is 10.2 Å². The summed E-state index contributed by atoms with van der Waals surface area (Å²) < 4.78 is 0. The van der Waals surface area contributed by atoms with E-state index in [9.17, 15) is 4.79 Å². The molecule has 0 aromatic heterocycles. The Labute approximate surface area is 62.2 Å². The minimum absolute atomic E-state index is 0.0665. The number of hydrazine groups is 1. The molecule has 60 valence electrons. The van der Waals surface area contributed by atoms with Crippen LogP contribution in [-0.4, -0.2) is 12.5 Å². The van der Waals surface area contributed by atoms with Gasteiger partial charge in [-0.2, -0.15) is 0 Å². The Morgan fingerprint density at radius 3 is 2.50 bits per heavy atom. The monoisotopic (exact) mass is 144 g/mol. The summed E-state index contributed by atoms with van der Waals surface area (Å²) >= 11 is 0. The summed E-state index contributed by atoms with van der Waals surface area (Å²) in [4.78, 5) is 10.8. The lowest BCUT2D eigenvalue weighted by Gasteiger charge is -2.05. The standard InChI is InChI=1S/C7H16N2O/c1-4-8-9-7(10)5-6(2)3/h6,8H,4-5H2,1-3H3,(H,9,10). The second-order valence-corrected chi connectivity index (χ2v) is 2.68. The van der Waals surface area contributed by atoms with Crippen LogP contribution < -0.4 is 10.9 Å². The van der Waals surface area contributed by atoms with Crippen LogP contribution in [0.5, 0.6) is 0 Å².